The Kier molecular flexibility index (Phi) is 0.858. The first kappa shape index (κ1) is 5.23. The maximum Gasteiger partial charge on any atom is 0.309 e. The van der Waals surface area contributed by atoms with Crippen molar-refractivity contribution in [1.29, 1.82) is 0 Å². The van der Waals surface area contributed by atoms with Crippen LogP contribution in [0.4, 0.5) is 0 Å². The predicted molar refractivity (Wildman–Crippen MR) is 29.0 cm³/mol. The Labute approximate surface area is 52.6 Å². The Morgan fingerprint density at radius 3 is 2.78 bits per heavy atom. The lowest BCUT2D eigenvalue weighted by Crippen LogP contribution is -2.07. The molecule has 3 nitrogen and oxygen atoms in total. The molecular formula is C6H8O3. The number of hydrogen-bond acceptors (Lipinski definition) is 2. The van der Waals surface area contributed by atoms with Crippen LogP contribution in [0.2, 0.25) is 0 Å². The zero-order valence-corrected chi connectivity index (χ0v) is 4.91. The summed E-state index contributed by atoms with van der Waals surface area (Å²) >= 11 is 0. The van der Waals surface area contributed by atoms with Crippen LogP contribution in [0.3, 0.4) is 0 Å². The number of carboxylic acid groups (broad SMARTS) is 1. The topological polar surface area (TPSA) is 46.5 Å². The molecule has 1 aliphatic carbocycles. The summed E-state index contributed by atoms with van der Waals surface area (Å²) in [6, 6.07) is 0. The van der Waals surface area contributed by atoms with Crippen LogP contribution in [0, 0.1) is 11.8 Å². The van der Waals surface area contributed by atoms with E-state index >= 15 is 0 Å². The highest BCUT2D eigenvalue weighted by Crippen LogP contribution is 2.48. The van der Waals surface area contributed by atoms with E-state index in [1.165, 1.54) is 0 Å². The first-order valence-electron chi connectivity index (χ1n) is 3.15. The molecule has 50 valence electrons. The summed E-state index contributed by atoms with van der Waals surface area (Å²) in [4.78, 5) is 10.3. The zero-order valence-electron chi connectivity index (χ0n) is 4.91. The fourth-order valence-corrected chi connectivity index (χ4v) is 1.58. The highest BCUT2D eigenvalue weighted by molar-refractivity contribution is 5.75. The van der Waals surface area contributed by atoms with Gasteiger partial charge in [-0.3, -0.25) is 4.79 Å². The van der Waals surface area contributed by atoms with Gasteiger partial charge in [0.15, 0.2) is 0 Å². The summed E-state index contributed by atoms with van der Waals surface area (Å²) in [5, 5.41) is 8.48. The van der Waals surface area contributed by atoms with E-state index in [4.69, 9.17) is 9.84 Å². The largest absolute Gasteiger partial charge is 0.481 e. The summed E-state index contributed by atoms with van der Waals surface area (Å²) in [5.41, 5.74) is 0. The van der Waals surface area contributed by atoms with Crippen molar-refractivity contribution in [3.63, 3.8) is 0 Å². The van der Waals surface area contributed by atoms with Gasteiger partial charge in [-0.2, -0.15) is 0 Å². The van der Waals surface area contributed by atoms with Crippen LogP contribution in [0.5, 0.6) is 0 Å². The van der Waals surface area contributed by atoms with Crippen LogP contribution in [-0.4, -0.2) is 23.8 Å². The highest BCUT2D eigenvalue weighted by atomic mass is 16.5. The van der Waals surface area contributed by atoms with Gasteiger partial charge in [0.05, 0.1) is 12.0 Å². The fourth-order valence-electron chi connectivity index (χ4n) is 1.58. The number of carboxylic acids is 1. The van der Waals surface area contributed by atoms with Crippen molar-refractivity contribution >= 4 is 5.97 Å². The molecule has 1 aliphatic heterocycles. The molecule has 2 fully saturated rings. The van der Waals surface area contributed by atoms with Crippen LogP contribution in [-0.2, 0) is 9.53 Å². The Balaban J connectivity index is 2.02. The Hall–Kier alpha value is -0.570. The molecule has 0 aromatic rings. The van der Waals surface area contributed by atoms with E-state index in [0.717, 1.165) is 13.0 Å². The summed E-state index contributed by atoms with van der Waals surface area (Å²) in [7, 11) is 0. The second-order valence-corrected chi connectivity index (χ2v) is 2.65. The molecule has 0 bridgehead atoms. The number of aliphatic carboxylic acids is 1. The van der Waals surface area contributed by atoms with Gasteiger partial charge in [-0.1, -0.05) is 0 Å². The van der Waals surface area contributed by atoms with Crippen molar-refractivity contribution in [1.82, 2.24) is 0 Å². The average molecular weight is 128 g/mol. The van der Waals surface area contributed by atoms with Gasteiger partial charge in [0, 0.05) is 12.5 Å². The van der Waals surface area contributed by atoms with Crippen molar-refractivity contribution in [2.24, 2.45) is 11.8 Å². The van der Waals surface area contributed by atoms with Gasteiger partial charge in [0.25, 0.3) is 0 Å². The summed E-state index contributed by atoms with van der Waals surface area (Å²) < 4.78 is 5.12. The van der Waals surface area contributed by atoms with Crippen molar-refractivity contribution in [3.8, 4) is 0 Å². The lowest BCUT2D eigenvalue weighted by Gasteiger charge is -1.95. The maximum absolute atomic E-state index is 10.3. The van der Waals surface area contributed by atoms with Crippen LogP contribution in [0.1, 0.15) is 6.42 Å². The first-order chi connectivity index (χ1) is 4.30. The van der Waals surface area contributed by atoms with Gasteiger partial charge in [0.1, 0.15) is 0 Å². The van der Waals surface area contributed by atoms with Gasteiger partial charge in [-0.15, -0.1) is 0 Å². The zero-order chi connectivity index (χ0) is 6.43. The third-order valence-corrected chi connectivity index (χ3v) is 2.14. The molecule has 0 spiro atoms. The van der Waals surface area contributed by atoms with Crippen LogP contribution >= 0.6 is 0 Å². The molecule has 9 heavy (non-hydrogen) atoms. The first-order valence-corrected chi connectivity index (χ1v) is 3.15. The molecule has 2 rings (SSSR count). The lowest BCUT2D eigenvalue weighted by atomic mass is 10.2. The van der Waals surface area contributed by atoms with E-state index in [-0.39, 0.29) is 12.0 Å². The molecule has 3 heteroatoms. The molecule has 0 radical (unpaired) electrons. The van der Waals surface area contributed by atoms with Crippen molar-refractivity contribution in [2.45, 2.75) is 12.5 Å². The summed E-state index contributed by atoms with van der Waals surface area (Å²) in [5.74, 6) is -0.508. The number of fused-ring (bicyclic) bond motifs is 1. The minimum atomic E-state index is -0.690. The van der Waals surface area contributed by atoms with Crippen LogP contribution < -0.4 is 0 Å². The second kappa shape index (κ2) is 1.48. The molecule has 2 aliphatic rings. The van der Waals surface area contributed by atoms with E-state index in [1.807, 2.05) is 0 Å². The van der Waals surface area contributed by atoms with E-state index < -0.39 is 5.97 Å². The fraction of sp³-hybridized carbons (Fsp3) is 0.833. The molecule has 0 unspecified atom stereocenters. The van der Waals surface area contributed by atoms with Gasteiger partial charge in [-0.25, -0.2) is 0 Å². The van der Waals surface area contributed by atoms with Gasteiger partial charge in [-0.05, 0) is 6.42 Å². The van der Waals surface area contributed by atoms with Gasteiger partial charge >= 0.3 is 5.97 Å². The van der Waals surface area contributed by atoms with Crippen LogP contribution in [0.15, 0.2) is 0 Å². The quantitative estimate of drug-likeness (QED) is 0.545. The second-order valence-electron chi connectivity index (χ2n) is 2.65. The maximum atomic E-state index is 10.3. The molecule has 1 saturated carbocycles. The van der Waals surface area contributed by atoms with E-state index in [1.54, 1.807) is 0 Å². The minimum absolute atomic E-state index is 0.0718. The standard InChI is InChI=1S/C6H8O3/c7-6(8)4-3-1-2-9-5(3)4/h3-5H,1-2H2,(H,7,8)/t3-,4+,5-/m1/s1. The summed E-state index contributed by atoms with van der Waals surface area (Å²) in [6.45, 7) is 0.763. The smallest absolute Gasteiger partial charge is 0.309 e. The molecule has 0 aromatic carbocycles. The Morgan fingerprint density at radius 1 is 1.67 bits per heavy atom. The number of carbonyl (C=O) groups is 1. The van der Waals surface area contributed by atoms with Gasteiger partial charge in [0.2, 0.25) is 0 Å². The molecule has 0 amide bonds. The Morgan fingerprint density at radius 2 is 2.44 bits per heavy atom. The predicted octanol–water partition coefficient (Wildman–Crippen LogP) is 0.106. The monoisotopic (exact) mass is 128 g/mol. The minimum Gasteiger partial charge on any atom is -0.481 e. The van der Waals surface area contributed by atoms with E-state index in [0.29, 0.717) is 5.92 Å². The van der Waals surface area contributed by atoms with Crippen molar-refractivity contribution in [2.75, 3.05) is 6.61 Å². The third-order valence-electron chi connectivity index (χ3n) is 2.14. The molecule has 1 heterocycles. The number of ether oxygens (including phenoxy) is 1. The number of hydrogen-bond donors (Lipinski definition) is 1. The van der Waals surface area contributed by atoms with Gasteiger partial charge < -0.3 is 9.84 Å². The third kappa shape index (κ3) is 0.580. The summed E-state index contributed by atoms with van der Waals surface area (Å²) in [6.07, 6.45) is 1.02. The number of rotatable bonds is 1. The molecule has 1 saturated heterocycles. The average Bonchev–Trinajstić information content (AvgIpc) is 2.30. The highest BCUT2D eigenvalue weighted by Gasteiger charge is 2.58. The Bertz CT molecular complexity index is 144. The molecular weight excluding hydrogens is 120 g/mol. The van der Waals surface area contributed by atoms with Crippen molar-refractivity contribution < 1.29 is 14.6 Å². The van der Waals surface area contributed by atoms with Crippen molar-refractivity contribution in [3.05, 3.63) is 0 Å². The molecule has 0 aromatic heterocycles. The molecule has 3 atom stereocenters. The molecule has 1 N–H and O–H groups in total. The lowest BCUT2D eigenvalue weighted by molar-refractivity contribution is -0.140. The normalized spacial score (nSPS) is 46.4. The SMILES string of the molecule is O=C(O)[C@H]1[C@H]2CCO[C@H]21. The van der Waals surface area contributed by atoms with E-state index in [9.17, 15) is 4.79 Å². The van der Waals surface area contributed by atoms with E-state index in [2.05, 4.69) is 0 Å². The van der Waals surface area contributed by atoms with Crippen LogP contribution in [0.25, 0.3) is 0 Å².